The number of esters is 1. The van der Waals surface area contributed by atoms with E-state index < -0.39 is 12.0 Å². The lowest BCUT2D eigenvalue weighted by atomic mass is 10.0. The standard InChI is InChI=1S/C14H20N2O3.ClH/c1-4-19-14(18)10-6-5-7-11(8-10)16-13(17)12(15)9(2)3;/h5-9,12H,4,15H2,1-3H3,(H,16,17);1H/t12-;/m0./s1. The molecule has 1 aromatic carbocycles. The SMILES string of the molecule is CCOC(=O)c1cccc(NC(=O)[C@@H](N)C(C)C)c1.Cl. The van der Waals surface area contributed by atoms with Gasteiger partial charge in [0.2, 0.25) is 5.91 Å². The van der Waals surface area contributed by atoms with Crippen LogP contribution in [0.3, 0.4) is 0 Å². The molecular formula is C14H21ClN2O3. The van der Waals surface area contributed by atoms with Crippen molar-refractivity contribution in [2.45, 2.75) is 26.8 Å². The lowest BCUT2D eigenvalue weighted by molar-refractivity contribution is -0.118. The highest BCUT2D eigenvalue weighted by Crippen LogP contribution is 2.13. The number of amides is 1. The van der Waals surface area contributed by atoms with E-state index in [0.717, 1.165) is 0 Å². The molecule has 0 saturated carbocycles. The first-order valence-electron chi connectivity index (χ1n) is 6.29. The molecule has 0 saturated heterocycles. The van der Waals surface area contributed by atoms with Crippen molar-refractivity contribution >= 4 is 30.0 Å². The van der Waals surface area contributed by atoms with Crippen LogP contribution < -0.4 is 11.1 Å². The summed E-state index contributed by atoms with van der Waals surface area (Å²) >= 11 is 0. The van der Waals surface area contributed by atoms with Crippen LogP contribution in [0.2, 0.25) is 0 Å². The van der Waals surface area contributed by atoms with E-state index in [0.29, 0.717) is 17.9 Å². The quantitative estimate of drug-likeness (QED) is 0.817. The van der Waals surface area contributed by atoms with E-state index in [-0.39, 0.29) is 24.2 Å². The molecule has 6 heteroatoms. The Kier molecular flexibility index (Phi) is 7.87. The molecule has 0 unspecified atom stereocenters. The van der Waals surface area contributed by atoms with Gasteiger partial charge in [0.05, 0.1) is 18.2 Å². The van der Waals surface area contributed by atoms with Crippen LogP contribution in [0.5, 0.6) is 0 Å². The Balaban J connectivity index is 0.00000361. The molecule has 0 bridgehead atoms. The molecule has 0 fully saturated rings. The van der Waals surface area contributed by atoms with E-state index in [9.17, 15) is 9.59 Å². The van der Waals surface area contributed by atoms with Crippen LogP contribution in [0, 0.1) is 5.92 Å². The molecule has 0 spiro atoms. The van der Waals surface area contributed by atoms with Gasteiger partial charge in [-0.1, -0.05) is 19.9 Å². The fourth-order valence-corrected chi connectivity index (χ4v) is 1.47. The van der Waals surface area contributed by atoms with Gasteiger partial charge in [-0.25, -0.2) is 4.79 Å². The minimum absolute atomic E-state index is 0. The zero-order valence-electron chi connectivity index (χ0n) is 11.9. The molecule has 0 heterocycles. The molecule has 1 aromatic rings. The smallest absolute Gasteiger partial charge is 0.338 e. The summed E-state index contributed by atoms with van der Waals surface area (Å²) in [7, 11) is 0. The summed E-state index contributed by atoms with van der Waals surface area (Å²) in [5.74, 6) is -0.629. The van der Waals surface area contributed by atoms with Gasteiger partial charge in [-0.15, -0.1) is 12.4 Å². The highest BCUT2D eigenvalue weighted by Gasteiger charge is 2.17. The summed E-state index contributed by atoms with van der Waals surface area (Å²) < 4.78 is 4.90. The molecule has 0 aliphatic heterocycles. The van der Waals surface area contributed by atoms with E-state index in [1.807, 2.05) is 13.8 Å². The van der Waals surface area contributed by atoms with Gasteiger partial charge in [-0.3, -0.25) is 4.79 Å². The lowest BCUT2D eigenvalue weighted by Crippen LogP contribution is -2.39. The van der Waals surface area contributed by atoms with E-state index in [2.05, 4.69) is 5.32 Å². The van der Waals surface area contributed by atoms with Crippen molar-refractivity contribution in [3.8, 4) is 0 Å². The third-order valence-corrected chi connectivity index (χ3v) is 2.66. The zero-order chi connectivity index (χ0) is 14.4. The van der Waals surface area contributed by atoms with Gasteiger partial charge in [0, 0.05) is 5.69 Å². The van der Waals surface area contributed by atoms with Gasteiger partial charge in [-0.2, -0.15) is 0 Å². The minimum atomic E-state index is -0.578. The summed E-state index contributed by atoms with van der Waals surface area (Å²) in [4.78, 5) is 23.4. The molecule has 0 aliphatic rings. The minimum Gasteiger partial charge on any atom is -0.462 e. The van der Waals surface area contributed by atoms with Gasteiger partial charge in [0.1, 0.15) is 0 Å². The number of benzene rings is 1. The van der Waals surface area contributed by atoms with Crippen molar-refractivity contribution in [1.82, 2.24) is 0 Å². The van der Waals surface area contributed by atoms with E-state index in [4.69, 9.17) is 10.5 Å². The number of hydrogen-bond acceptors (Lipinski definition) is 4. The third-order valence-electron chi connectivity index (χ3n) is 2.66. The first-order chi connectivity index (χ1) is 8.95. The maximum absolute atomic E-state index is 11.8. The monoisotopic (exact) mass is 300 g/mol. The number of halogens is 1. The number of carbonyl (C=O) groups excluding carboxylic acids is 2. The number of carbonyl (C=O) groups is 2. The fraction of sp³-hybridized carbons (Fsp3) is 0.429. The van der Waals surface area contributed by atoms with Crippen LogP contribution in [0.1, 0.15) is 31.1 Å². The zero-order valence-corrected chi connectivity index (χ0v) is 12.7. The first kappa shape index (κ1) is 18.4. The van der Waals surface area contributed by atoms with Gasteiger partial charge >= 0.3 is 5.97 Å². The van der Waals surface area contributed by atoms with E-state index in [1.54, 1.807) is 31.2 Å². The second kappa shape index (κ2) is 8.55. The predicted molar refractivity (Wildman–Crippen MR) is 81.1 cm³/mol. The van der Waals surface area contributed by atoms with E-state index >= 15 is 0 Å². The second-order valence-corrected chi connectivity index (χ2v) is 4.56. The Morgan fingerprint density at radius 1 is 1.35 bits per heavy atom. The lowest BCUT2D eigenvalue weighted by Gasteiger charge is -2.15. The van der Waals surface area contributed by atoms with Crippen molar-refractivity contribution in [3.05, 3.63) is 29.8 Å². The first-order valence-corrected chi connectivity index (χ1v) is 6.29. The van der Waals surface area contributed by atoms with Crippen molar-refractivity contribution in [1.29, 1.82) is 0 Å². The normalized spacial score (nSPS) is 11.4. The summed E-state index contributed by atoms with van der Waals surface area (Å²) in [6.07, 6.45) is 0. The molecule has 112 valence electrons. The Labute approximate surface area is 125 Å². The second-order valence-electron chi connectivity index (χ2n) is 4.56. The number of nitrogens with one attached hydrogen (secondary N) is 1. The van der Waals surface area contributed by atoms with Crippen molar-refractivity contribution in [3.63, 3.8) is 0 Å². The number of hydrogen-bond donors (Lipinski definition) is 2. The molecule has 1 rings (SSSR count). The fourth-order valence-electron chi connectivity index (χ4n) is 1.47. The number of ether oxygens (including phenoxy) is 1. The molecule has 0 aromatic heterocycles. The van der Waals surface area contributed by atoms with Crippen LogP contribution in [-0.4, -0.2) is 24.5 Å². The Morgan fingerprint density at radius 3 is 2.55 bits per heavy atom. The molecular weight excluding hydrogens is 280 g/mol. The van der Waals surface area contributed by atoms with Gasteiger partial charge < -0.3 is 15.8 Å². The maximum atomic E-state index is 11.8. The van der Waals surface area contributed by atoms with Crippen LogP contribution >= 0.6 is 12.4 Å². The Bertz CT molecular complexity index is 463. The molecule has 1 atom stereocenters. The predicted octanol–water partition coefficient (Wildman–Crippen LogP) is 2.21. The highest BCUT2D eigenvalue weighted by atomic mass is 35.5. The summed E-state index contributed by atoms with van der Waals surface area (Å²) in [6.45, 7) is 5.80. The Morgan fingerprint density at radius 2 is 2.00 bits per heavy atom. The van der Waals surface area contributed by atoms with Crippen LogP contribution in [-0.2, 0) is 9.53 Å². The number of nitrogens with two attached hydrogens (primary N) is 1. The van der Waals surface area contributed by atoms with Crippen LogP contribution in [0.25, 0.3) is 0 Å². The van der Waals surface area contributed by atoms with Gasteiger partial charge in [0.25, 0.3) is 0 Å². The average molecular weight is 301 g/mol. The molecule has 20 heavy (non-hydrogen) atoms. The third kappa shape index (κ3) is 5.19. The highest BCUT2D eigenvalue weighted by molar-refractivity contribution is 5.96. The Hall–Kier alpha value is -1.59. The van der Waals surface area contributed by atoms with Crippen molar-refractivity contribution in [2.75, 3.05) is 11.9 Å². The van der Waals surface area contributed by atoms with Crippen molar-refractivity contribution in [2.24, 2.45) is 11.7 Å². The van der Waals surface area contributed by atoms with Gasteiger partial charge in [0.15, 0.2) is 0 Å². The largest absolute Gasteiger partial charge is 0.462 e. The molecule has 5 nitrogen and oxygen atoms in total. The molecule has 3 N–H and O–H groups in total. The summed E-state index contributed by atoms with van der Waals surface area (Å²) in [5.41, 5.74) is 6.68. The van der Waals surface area contributed by atoms with E-state index in [1.165, 1.54) is 0 Å². The summed E-state index contributed by atoms with van der Waals surface area (Å²) in [5, 5.41) is 2.69. The van der Waals surface area contributed by atoms with Crippen LogP contribution in [0.4, 0.5) is 5.69 Å². The van der Waals surface area contributed by atoms with Gasteiger partial charge in [-0.05, 0) is 31.0 Å². The molecule has 0 radical (unpaired) electrons. The summed E-state index contributed by atoms with van der Waals surface area (Å²) in [6, 6.07) is 6.02. The molecule has 0 aliphatic carbocycles. The number of rotatable bonds is 5. The maximum Gasteiger partial charge on any atom is 0.338 e. The number of anilines is 1. The van der Waals surface area contributed by atoms with Crippen LogP contribution in [0.15, 0.2) is 24.3 Å². The van der Waals surface area contributed by atoms with Crippen molar-refractivity contribution < 1.29 is 14.3 Å². The molecule has 1 amide bonds. The topological polar surface area (TPSA) is 81.4 Å². The average Bonchev–Trinajstić information content (AvgIpc) is 2.38.